The van der Waals surface area contributed by atoms with E-state index < -0.39 is 6.17 Å². The van der Waals surface area contributed by atoms with Gasteiger partial charge in [-0.25, -0.2) is 4.39 Å². The largest absolute Gasteiger partial charge is 0.243 e. The van der Waals surface area contributed by atoms with Crippen molar-refractivity contribution >= 4 is 0 Å². The van der Waals surface area contributed by atoms with Crippen LogP contribution in [-0.2, 0) is 0 Å². The molecule has 0 heterocycles. The standard InChI is InChI=1S/C11H19F/c1-11(2,3)8-9-6-4-5-7-10(9)12/h6,10H,4-5,7-8H2,1-3H3/t10-/m0/s1. The van der Waals surface area contributed by atoms with Crippen LogP contribution >= 0.6 is 0 Å². The molecule has 1 aliphatic carbocycles. The first-order chi connectivity index (χ1) is 5.49. The van der Waals surface area contributed by atoms with Crippen molar-refractivity contribution in [2.45, 2.75) is 52.6 Å². The Morgan fingerprint density at radius 1 is 1.50 bits per heavy atom. The van der Waals surface area contributed by atoms with Crippen LogP contribution in [0.4, 0.5) is 4.39 Å². The lowest BCUT2D eigenvalue weighted by Crippen LogP contribution is -2.15. The van der Waals surface area contributed by atoms with E-state index in [1.807, 2.05) is 0 Å². The Labute approximate surface area is 74.9 Å². The second-order valence-corrected chi connectivity index (χ2v) is 4.91. The van der Waals surface area contributed by atoms with Crippen LogP contribution in [0.15, 0.2) is 11.6 Å². The van der Waals surface area contributed by atoms with E-state index in [0.717, 1.165) is 31.3 Å². The minimum Gasteiger partial charge on any atom is -0.243 e. The average molecular weight is 170 g/mol. The molecular weight excluding hydrogens is 151 g/mol. The summed E-state index contributed by atoms with van der Waals surface area (Å²) in [4.78, 5) is 0. The fourth-order valence-electron chi connectivity index (χ4n) is 1.69. The molecule has 0 nitrogen and oxygen atoms in total. The Hall–Kier alpha value is -0.330. The molecule has 0 unspecified atom stereocenters. The summed E-state index contributed by atoms with van der Waals surface area (Å²) in [5, 5.41) is 0. The molecule has 1 aliphatic rings. The summed E-state index contributed by atoms with van der Waals surface area (Å²) in [5.41, 5.74) is 1.27. The first-order valence-corrected chi connectivity index (χ1v) is 4.82. The smallest absolute Gasteiger partial charge is 0.121 e. The Balaban J connectivity index is 2.55. The van der Waals surface area contributed by atoms with Crippen LogP contribution in [0.3, 0.4) is 0 Å². The van der Waals surface area contributed by atoms with Crippen LogP contribution < -0.4 is 0 Å². The van der Waals surface area contributed by atoms with Crippen molar-refractivity contribution < 1.29 is 4.39 Å². The molecule has 0 bridgehead atoms. The number of rotatable bonds is 1. The third-order valence-corrected chi connectivity index (χ3v) is 2.21. The molecule has 12 heavy (non-hydrogen) atoms. The predicted octanol–water partition coefficient (Wildman–Crippen LogP) is 3.87. The highest BCUT2D eigenvalue weighted by atomic mass is 19.1. The van der Waals surface area contributed by atoms with E-state index in [4.69, 9.17) is 0 Å². The van der Waals surface area contributed by atoms with Crippen LogP contribution in [0.5, 0.6) is 0 Å². The number of hydrogen-bond donors (Lipinski definition) is 0. The molecule has 0 aromatic rings. The molecule has 0 aromatic heterocycles. The molecule has 1 rings (SSSR count). The van der Waals surface area contributed by atoms with Crippen molar-refractivity contribution in [3.05, 3.63) is 11.6 Å². The third kappa shape index (κ3) is 2.96. The van der Waals surface area contributed by atoms with Gasteiger partial charge in [-0.1, -0.05) is 26.8 Å². The zero-order chi connectivity index (χ0) is 9.19. The molecule has 0 N–H and O–H groups in total. The topological polar surface area (TPSA) is 0 Å². The van der Waals surface area contributed by atoms with Gasteiger partial charge in [0.2, 0.25) is 0 Å². The van der Waals surface area contributed by atoms with E-state index in [9.17, 15) is 4.39 Å². The maximum atomic E-state index is 13.3. The summed E-state index contributed by atoms with van der Waals surface area (Å²) in [6.45, 7) is 6.49. The lowest BCUT2D eigenvalue weighted by Gasteiger charge is -2.25. The molecule has 0 aromatic carbocycles. The lowest BCUT2D eigenvalue weighted by atomic mass is 9.83. The minimum atomic E-state index is -0.655. The molecule has 0 saturated heterocycles. The van der Waals surface area contributed by atoms with Crippen molar-refractivity contribution in [2.75, 3.05) is 0 Å². The van der Waals surface area contributed by atoms with Crippen LogP contribution in [0.25, 0.3) is 0 Å². The van der Waals surface area contributed by atoms with Crippen LogP contribution in [0, 0.1) is 5.41 Å². The Kier molecular flexibility index (Phi) is 2.92. The highest BCUT2D eigenvalue weighted by Crippen LogP contribution is 2.31. The summed E-state index contributed by atoms with van der Waals surface area (Å²) in [6, 6.07) is 0. The quantitative estimate of drug-likeness (QED) is 0.524. The van der Waals surface area contributed by atoms with Crippen LogP contribution in [0.2, 0.25) is 0 Å². The Morgan fingerprint density at radius 3 is 2.67 bits per heavy atom. The van der Waals surface area contributed by atoms with Gasteiger partial charge in [0, 0.05) is 0 Å². The molecule has 0 spiro atoms. The second kappa shape index (κ2) is 3.59. The molecule has 70 valence electrons. The van der Waals surface area contributed by atoms with Gasteiger partial charge in [-0.2, -0.15) is 0 Å². The van der Waals surface area contributed by atoms with Gasteiger partial charge in [0.25, 0.3) is 0 Å². The van der Waals surface area contributed by atoms with E-state index in [1.54, 1.807) is 0 Å². The summed E-state index contributed by atoms with van der Waals surface area (Å²) in [6.07, 6.45) is 5.19. The molecule has 1 atom stereocenters. The van der Waals surface area contributed by atoms with Crippen molar-refractivity contribution in [1.82, 2.24) is 0 Å². The first-order valence-electron chi connectivity index (χ1n) is 4.82. The van der Waals surface area contributed by atoms with Crippen molar-refractivity contribution in [2.24, 2.45) is 5.41 Å². The van der Waals surface area contributed by atoms with Gasteiger partial charge in [-0.3, -0.25) is 0 Å². The van der Waals surface area contributed by atoms with Gasteiger partial charge in [0.15, 0.2) is 0 Å². The van der Waals surface area contributed by atoms with Gasteiger partial charge in [-0.05, 0) is 36.7 Å². The molecule has 1 heteroatoms. The fourth-order valence-corrected chi connectivity index (χ4v) is 1.69. The van der Waals surface area contributed by atoms with Crippen molar-refractivity contribution in [3.63, 3.8) is 0 Å². The number of alkyl halides is 1. The van der Waals surface area contributed by atoms with E-state index in [2.05, 4.69) is 26.8 Å². The van der Waals surface area contributed by atoms with Gasteiger partial charge in [0.1, 0.15) is 6.17 Å². The number of halogens is 1. The Morgan fingerprint density at radius 2 is 2.17 bits per heavy atom. The first kappa shape index (κ1) is 9.76. The summed E-state index contributed by atoms with van der Waals surface area (Å²) >= 11 is 0. The van der Waals surface area contributed by atoms with E-state index in [0.29, 0.717) is 0 Å². The Bertz CT molecular complexity index is 174. The average Bonchev–Trinajstić information content (AvgIpc) is 1.91. The highest BCUT2D eigenvalue weighted by molar-refractivity contribution is 5.12. The van der Waals surface area contributed by atoms with Crippen molar-refractivity contribution in [1.29, 1.82) is 0 Å². The maximum absolute atomic E-state index is 13.3. The number of allylic oxidation sites excluding steroid dienone is 2. The summed E-state index contributed by atoms with van der Waals surface area (Å²) in [7, 11) is 0. The molecule has 0 radical (unpaired) electrons. The van der Waals surface area contributed by atoms with E-state index in [-0.39, 0.29) is 5.41 Å². The zero-order valence-corrected chi connectivity index (χ0v) is 8.36. The molecule has 0 saturated carbocycles. The maximum Gasteiger partial charge on any atom is 0.121 e. The molecule has 0 fully saturated rings. The summed E-state index contributed by atoms with van der Waals surface area (Å²) in [5.74, 6) is 0. The lowest BCUT2D eigenvalue weighted by molar-refractivity contribution is 0.302. The summed E-state index contributed by atoms with van der Waals surface area (Å²) < 4.78 is 13.3. The second-order valence-electron chi connectivity index (χ2n) is 4.91. The normalized spacial score (nSPS) is 25.3. The molecule has 0 amide bonds. The monoisotopic (exact) mass is 170 g/mol. The predicted molar refractivity (Wildman–Crippen MR) is 50.9 cm³/mol. The molecule has 0 aliphatic heterocycles. The van der Waals surface area contributed by atoms with Gasteiger partial charge >= 0.3 is 0 Å². The molecular formula is C11H19F. The third-order valence-electron chi connectivity index (χ3n) is 2.21. The van der Waals surface area contributed by atoms with Gasteiger partial charge < -0.3 is 0 Å². The van der Waals surface area contributed by atoms with Gasteiger partial charge in [0.05, 0.1) is 0 Å². The fraction of sp³-hybridized carbons (Fsp3) is 0.818. The number of hydrogen-bond acceptors (Lipinski definition) is 0. The van der Waals surface area contributed by atoms with E-state index in [1.165, 1.54) is 0 Å². The van der Waals surface area contributed by atoms with Crippen LogP contribution in [0.1, 0.15) is 46.5 Å². The van der Waals surface area contributed by atoms with Crippen LogP contribution in [-0.4, -0.2) is 6.17 Å². The minimum absolute atomic E-state index is 0.230. The zero-order valence-electron chi connectivity index (χ0n) is 8.36. The van der Waals surface area contributed by atoms with Gasteiger partial charge in [-0.15, -0.1) is 0 Å². The van der Waals surface area contributed by atoms with E-state index >= 15 is 0 Å². The highest BCUT2D eigenvalue weighted by Gasteiger charge is 2.21. The SMILES string of the molecule is CC(C)(C)CC1=CCCC[C@@H]1F. The van der Waals surface area contributed by atoms with Crippen molar-refractivity contribution in [3.8, 4) is 0 Å².